The molecule has 0 radical (unpaired) electrons. The molecule has 1 saturated heterocycles. The van der Waals surface area contributed by atoms with Crippen molar-refractivity contribution in [2.75, 3.05) is 32.1 Å². The molecule has 2 aromatic rings. The first kappa shape index (κ1) is 19.2. The van der Waals surface area contributed by atoms with Crippen LogP contribution >= 0.6 is 0 Å². The molecule has 3 rings (SSSR count). The largest absolute Gasteiger partial charge is 0.344 e. The Kier molecular flexibility index (Phi) is 5.11. The summed E-state index contributed by atoms with van der Waals surface area (Å²) in [6, 6.07) is 2.34. The highest BCUT2D eigenvalue weighted by atomic mass is 32.2. The predicted octanol–water partition coefficient (Wildman–Crippen LogP) is 1.75. The third-order valence-corrected chi connectivity index (χ3v) is 6.22. The van der Waals surface area contributed by atoms with E-state index in [1.54, 1.807) is 19.0 Å². The van der Waals surface area contributed by atoms with Gasteiger partial charge in [-0.2, -0.15) is 9.29 Å². The first-order valence-electron chi connectivity index (χ1n) is 8.14. The number of nitro benzene ring substituents is 1. The Balaban J connectivity index is 1.75. The monoisotopic (exact) mass is 399 g/mol. The smallest absolute Gasteiger partial charge is 0.273 e. The number of non-ortho nitro benzene ring substituents is 1. The molecule has 27 heavy (non-hydrogen) atoms. The van der Waals surface area contributed by atoms with Gasteiger partial charge in [0.05, 0.1) is 15.9 Å². The summed E-state index contributed by atoms with van der Waals surface area (Å²) in [6.45, 7) is 0.327. The highest BCUT2D eigenvalue weighted by Crippen LogP contribution is 2.31. The van der Waals surface area contributed by atoms with Gasteiger partial charge >= 0.3 is 0 Å². The summed E-state index contributed by atoms with van der Waals surface area (Å²) in [5, 5.41) is 14.7. The van der Waals surface area contributed by atoms with Crippen LogP contribution in [-0.2, 0) is 10.0 Å². The van der Waals surface area contributed by atoms with Crippen molar-refractivity contribution in [1.82, 2.24) is 14.4 Å². The average Bonchev–Trinajstić information content (AvgIpc) is 3.11. The van der Waals surface area contributed by atoms with Crippen molar-refractivity contribution in [3.05, 3.63) is 40.0 Å². The standard InChI is InChI=1S/C15H18FN5O5S/c1-19(2)15-17-14(26-18-15)10-3-5-20(6-4-10)27(24,25)13-8-11(16)7-12(9-13)21(22)23/h7-10H,3-6H2,1-2H3. The molecule has 0 unspecified atom stereocenters. The zero-order valence-electron chi connectivity index (χ0n) is 14.7. The summed E-state index contributed by atoms with van der Waals surface area (Å²) in [5.74, 6) is -0.177. The zero-order chi connectivity index (χ0) is 19.8. The highest BCUT2D eigenvalue weighted by molar-refractivity contribution is 7.89. The van der Waals surface area contributed by atoms with Gasteiger partial charge in [0.2, 0.25) is 15.9 Å². The molecule has 0 aliphatic carbocycles. The van der Waals surface area contributed by atoms with Crippen molar-refractivity contribution in [2.24, 2.45) is 0 Å². The van der Waals surface area contributed by atoms with Crippen molar-refractivity contribution < 1.29 is 22.3 Å². The van der Waals surface area contributed by atoms with Crippen LogP contribution in [0.25, 0.3) is 0 Å². The molecule has 0 saturated carbocycles. The molecule has 1 aliphatic rings. The van der Waals surface area contributed by atoms with Gasteiger partial charge in [-0.3, -0.25) is 10.1 Å². The van der Waals surface area contributed by atoms with E-state index in [-0.39, 0.29) is 19.0 Å². The molecule has 2 heterocycles. The highest BCUT2D eigenvalue weighted by Gasteiger charge is 2.33. The Morgan fingerprint density at radius 1 is 1.30 bits per heavy atom. The van der Waals surface area contributed by atoms with E-state index in [0.29, 0.717) is 30.7 Å². The van der Waals surface area contributed by atoms with E-state index in [9.17, 15) is 22.9 Å². The van der Waals surface area contributed by atoms with Gasteiger partial charge < -0.3 is 9.42 Å². The molecule has 0 atom stereocenters. The Labute approximate surface area is 154 Å². The van der Waals surface area contributed by atoms with E-state index in [2.05, 4.69) is 10.1 Å². The SMILES string of the molecule is CN(C)c1noc(C2CCN(S(=O)(=O)c3cc(F)cc([N+](=O)[O-])c3)CC2)n1. The van der Waals surface area contributed by atoms with E-state index in [1.165, 1.54) is 4.31 Å². The lowest BCUT2D eigenvalue weighted by Crippen LogP contribution is -2.38. The molecule has 1 aromatic heterocycles. The van der Waals surface area contributed by atoms with E-state index in [0.717, 1.165) is 12.1 Å². The topological polar surface area (TPSA) is 123 Å². The molecule has 0 bridgehead atoms. The van der Waals surface area contributed by atoms with Crippen LogP contribution < -0.4 is 4.90 Å². The quantitative estimate of drug-likeness (QED) is 0.550. The Hall–Kier alpha value is -2.60. The maximum absolute atomic E-state index is 13.6. The molecule has 12 heteroatoms. The average molecular weight is 399 g/mol. The molecular weight excluding hydrogens is 381 g/mol. The summed E-state index contributed by atoms with van der Waals surface area (Å²) in [7, 11) is -0.481. The first-order valence-corrected chi connectivity index (χ1v) is 9.58. The number of rotatable bonds is 5. The van der Waals surface area contributed by atoms with Crippen LogP contribution in [-0.4, -0.2) is 55.0 Å². The van der Waals surface area contributed by atoms with E-state index < -0.39 is 31.3 Å². The third-order valence-electron chi connectivity index (χ3n) is 4.34. The van der Waals surface area contributed by atoms with Gasteiger partial charge in [0.25, 0.3) is 11.6 Å². The zero-order valence-corrected chi connectivity index (χ0v) is 15.5. The number of sulfonamides is 1. The number of piperidine rings is 1. The van der Waals surface area contributed by atoms with Gasteiger partial charge in [-0.1, -0.05) is 0 Å². The summed E-state index contributed by atoms with van der Waals surface area (Å²) in [4.78, 5) is 15.6. The lowest BCUT2D eigenvalue weighted by molar-refractivity contribution is -0.385. The number of hydrogen-bond acceptors (Lipinski definition) is 8. The maximum atomic E-state index is 13.6. The number of halogens is 1. The number of aromatic nitrogens is 2. The molecule has 0 N–H and O–H groups in total. The molecule has 1 fully saturated rings. The van der Waals surface area contributed by atoms with E-state index in [4.69, 9.17) is 4.52 Å². The molecule has 10 nitrogen and oxygen atoms in total. The van der Waals surface area contributed by atoms with Crippen LogP contribution in [0.4, 0.5) is 16.0 Å². The molecule has 0 spiro atoms. The second-order valence-corrected chi connectivity index (χ2v) is 8.35. The fraction of sp³-hybridized carbons (Fsp3) is 0.467. The minimum Gasteiger partial charge on any atom is -0.344 e. The summed E-state index contributed by atoms with van der Waals surface area (Å²) < 4.78 is 45.5. The minimum absolute atomic E-state index is 0.0838. The summed E-state index contributed by atoms with van der Waals surface area (Å²) in [5.41, 5.74) is -0.606. The van der Waals surface area contributed by atoms with Crippen molar-refractivity contribution in [1.29, 1.82) is 0 Å². The van der Waals surface area contributed by atoms with Crippen molar-refractivity contribution in [3.8, 4) is 0 Å². The Bertz CT molecular complexity index is 953. The summed E-state index contributed by atoms with van der Waals surface area (Å²) in [6.07, 6.45) is 0.900. The lowest BCUT2D eigenvalue weighted by Gasteiger charge is -2.29. The Morgan fingerprint density at radius 3 is 2.52 bits per heavy atom. The number of hydrogen-bond donors (Lipinski definition) is 0. The van der Waals surface area contributed by atoms with Gasteiger partial charge in [-0.05, 0) is 24.1 Å². The van der Waals surface area contributed by atoms with Crippen molar-refractivity contribution in [2.45, 2.75) is 23.7 Å². The second kappa shape index (κ2) is 7.19. The molecule has 146 valence electrons. The van der Waals surface area contributed by atoms with Gasteiger partial charge in [0.1, 0.15) is 5.82 Å². The van der Waals surface area contributed by atoms with Crippen LogP contribution in [0, 0.1) is 15.9 Å². The predicted molar refractivity (Wildman–Crippen MR) is 92.4 cm³/mol. The van der Waals surface area contributed by atoms with E-state index in [1.807, 2.05) is 0 Å². The van der Waals surface area contributed by atoms with Crippen molar-refractivity contribution in [3.63, 3.8) is 0 Å². The van der Waals surface area contributed by atoms with Gasteiger partial charge in [0.15, 0.2) is 0 Å². The van der Waals surface area contributed by atoms with Crippen LogP contribution in [0.5, 0.6) is 0 Å². The molecule has 1 aromatic carbocycles. The number of anilines is 1. The van der Waals surface area contributed by atoms with Crippen LogP contribution in [0.3, 0.4) is 0 Å². The summed E-state index contributed by atoms with van der Waals surface area (Å²) >= 11 is 0. The normalized spacial score (nSPS) is 16.4. The van der Waals surface area contributed by atoms with Gasteiger partial charge in [0, 0.05) is 39.2 Å². The number of nitro groups is 1. The molecular formula is C15H18FN5O5S. The lowest BCUT2D eigenvalue weighted by atomic mass is 9.98. The van der Waals surface area contributed by atoms with Gasteiger partial charge in [-0.15, -0.1) is 0 Å². The van der Waals surface area contributed by atoms with Crippen LogP contribution in [0.15, 0.2) is 27.6 Å². The number of benzene rings is 1. The van der Waals surface area contributed by atoms with Crippen molar-refractivity contribution >= 4 is 21.7 Å². The fourth-order valence-corrected chi connectivity index (χ4v) is 4.39. The van der Waals surface area contributed by atoms with Gasteiger partial charge in [-0.25, -0.2) is 12.8 Å². The van der Waals surface area contributed by atoms with E-state index >= 15 is 0 Å². The molecule has 0 amide bonds. The fourth-order valence-electron chi connectivity index (χ4n) is 2.87. The first-order chi connectivity index (χ1) is 12.7. The maximum Gasteiger partial charge on any atom is 0.273 e. The molecule has 1 aliphatic heterocycles. The van der Waals surface area contributed by atoms with Crippen LogP contribution in [0.1, 0.15) is 24.7 Å². The third kappa shape index (κ3) is 3.90. The minimum atomic E-state index is -4.04. The second-order valence-electron chi connectivity index (χ2n) is 6.41. The van der Waals surface area contributed by atoms with Crippen LogP contribution in [0.2, 0.25) is 0 Å². The number of nitrogens with zero attached hydrogens (tertiary/aromatic N) is 5. The Morgan fingerprint density at radius 2 is 1.96 bits per heavy atom.